The Morgan fingerprint density at radius 3 is 2.33 bits per heavy atom. The Balaban J connectivity index is 2.14. The number of hydrogen-bond acceptors (Lipinski definition) is 2. The van der Waals surface area contributed by atoms with Crippen molar-refractivity contribution >= 4 is 0 Å². The standard InChI is InChI=1S/C19H32N2/c1-15-6-8-17(9-7-15)13-21(5)19(14-20)11-10-18(3,4)12-16(19)2/h6-9,16H,10-14,20H2,1-5H3. The number of hydrogen-bond donors (Lipinski definition) is 1. The summed E-state index contributed by atoms with van der Waals surface area (Å²) < 4.78 is 0. The second-order valence-corrected chi connectivity index (χ2v) is 7.92. The summed E-state index contributed by atoms with van der Waals surface area (Å²) in [6.45, 7) is 11.1. The summed E-state index contributed by atoms with van der Waals surface area (Å²) in [7, 11) is 2.25. The smallest absolute Gasteiger partial charge is 0.0358 e. The highest BCUT2D eigenvalue weighted by atomic mass is 15.2. The maximum atomic E-state index is 6.25. The minimum absolute atomic E-state index is 0.153. The minimum Gasteiger partial charge on any atom is -0.329 e. The van der Waals surface area contributed by atoms with Crippen molar-refractivity contribution in [3.8, 4) is 0 Å². The maximum Gasteiger partial charge on any atom is 0.0358 e. The van der Waals surface area contributed by atoms with Crippen LogP contribution in [0.25, 0.3) is 0 Å². The van der Waals surface area contributed by atoms with Gasteiger partial charge in [0.1, 0.15) is 0 Å². The molecule has 1 aliphatic rings. The molecule has 0 spiro atoms. The maximum absolute atomic E-state index is 6.25. The molecule has 1 aromatic rings. The molecule has 2 nitrogen and oxygen atoms in total. The molecule has 2 rings (SSSR count). The molecule has 1 aromatic carbocycles. The van der Waals surface area contributed by atoms with Crippen molar-refractivity contribution in [2.24, 2.45) is 17.1 Å². The van der Waals surface area contributed by atoms with Crippen LogP contribution in [0.4, 0.5) is 0 Å². The first-order chi connectivity index (χ1) is 9.79. The van der Waals surface area contributed by atoms with Crippen LogP contribution in [-0.4, -0.2) is 24.0 Å². The van der Waals surface area contributed by atoms with Crippen molar-refractivity contribution in [3.05, 3.63) is 35.4 Å². The molecule has 0 saturated heterocycles. The summed E-state index contributed by atoms with van der Waals surface area (Å²) in [6, 6.07) is 8.89. The summed E-state index contributed by atoms with van der Waals surface area (Å²) >= 11 is 0. The number of rotatable bonds is 4. The Hall–Kier alpha value is -0.860. The van der Waals surface area contributed by atoms with E-state index in [0.29, 0.717) is 11.3 Å². The molecule has 2 heteroatoms. The predicted molar refractivity (Wildman–Crippen MR) is 91.2 cm³/mol. The van der Waals surface area contributed by atoms with Gasteiger partial charge in [-0.3, -0.25) is 4.90 Å². The Morgan fingerprint density at radius 1 is 1.19 bits per heavy atom. The molecule has 2 N–H and O–H groups in total. The van der Waals surface area contributed by atoms with Crippen molar-refractivity contribution in [3.63, 3.8) is 0 Å². The zero-order valence-electron chi connectivity index (χ0n) is 14.4. The van der Waals surface area contributed by atoms with Gasteiger partial charge < -0.3 is 5.73 Å². The van der Waals surface area contributed by atoms with Crippen LogP contribution in [0.3, 0.4) is 0 Å². The van der Waals surface area contributed by atoms with Crippen LogP contribution < -0.4 is 5.73 Å². The Kier molecular flexibility index (Phi) is 4.79. The van der Waals surface area contributed by atoms with E-state index in [1.54, 1.807) is 0 Å². The molecular weight excluding hydrogens is 256 g/mol. The third-order valence-electron chi connectivity index (χ3n) is 5.66. The van der Waals surface area contributed by atoms with E-state index in [4.69, 9.17) is 5.73 Å². The van der Waals surface area contributed by atoms with Crippen LogP contribution in [0.5, 0.6) is 0 Å². The second-order valence-electron chi connectivity index (χ2n) is 7.92. The zero-order chi connectivity index (χ0) is 15.7. The van der Waals surface area contributed by atoms with E-state index in [0.717, 1.165) is 13.1 Å². The molecule has 1 fully saturated rings. The predicted octanol–water partition coefficient (Wildman–Crippen LogP) is 3.97. The third kappa shape index (κ3) is 3.49. The topological polar surface area (TPSA) is 29.3 Å². The van der Waals surface area contributed by atoms with E-state index >= 15 is 0 Å². The third-order valence-corrected chi connectivity index (χ3v) is 5.66. The van der Waals surface area contributed by atoms with Crippen LogP contribution >= 0.6 is 0 Å². The van der Waals surface area contributed by atoms with Crippen molar-refractivity contribution in [1.29, 1.82) is 0 Å². The lowest BCUT2D eigenvalue weighted by molar-refractivity contribution is -0.0117. The van der Waals surface area contributed by atoms with Gasteiger partial charge in [0.15, 0.2) is 0 Å². The van der Waals surface area contributed by atoms with Crippen LogP contribution in [0.15, 0.2) is 24.3 Å². The number of nitrogens with zero attached hydrogens (tertiary/aromatic N) is 1. The lowest BCUT2D eigenvalue weighted by Gasteiger charge is -2.52. The Labute approximate surface area is 130 Å². The molecule has 118 valence electrons. The molecule has 1 aliphatic carbocycles. The largest absolute Gasteiger partial charge is 0.329 e. The van der Waals surface area contributed by atoms with Crippen LogP contribution in [0, 0.1) is 18.3 Å². The van der Waals surface area contributed by atoms with Gasteiger partial charge in [0.05, 0.1) is 0 Å². The number of likely N-dealkylation sites (N-methyl/N-ethyl adjacent to an activating group) is 1. The van der Waals surface area contributed by atoms with E-state index in [-0.39, 0.29) is 5.54 Å². The highest BCUT2D eigenvalue weighted by Crippen LogP contribution is 2.46. The van der Waals surface area contributed by atoms with Gasteiger partial charge in [0.25, 0.3) is 0 Å². The molecule has 0 heterocycles. The molecule has 0 aliphatic heterocycles. The normalized spacial score (nSPS) is 28.8. The molecule has 2 atom stereocenters. The van der Waals surface area contributed by atoms with E-state index in [1.807, 2.05) is 0 Å². The highest BCUT2D eigenvalue weighted by Gasteiger charge is 2.45. The van der Waals surface area contributed by atoms with Crippen LogP contribution in [0.1, 0.15) is 51.2 Å². The summed E-state index contributed by atoms with van der Waals surface area (Å²) in [5, 5.41) is 0. The van der Waals surface area contributed by atoms with Gasteiger partial charge >= 0.3 is 0 Å². The van der Waals surface area contributed by atoms with Crippen molar-refractivity contribution in [2.45, 2.75) is 59.0 Å². The van der Waals surface area contributed by atoms with E-state index < -0.39 is 0 Å². The molecule has 0 amide bonds. The van der Waals surface area contributed by atoms with Gasteiger partial charge in [0.2, 0.25) is 0 Å². The monoisotopic (exact) mass is 288 g/mol. The van der Waals surface area contributed by atoms with E-state index in [9.17, 15) is 0 Å². The Bertz CT molecular complexity index is 463. The first-order valence-electron chi connectivity index (χ1n) is 8.26. The first-order valence-corrected chi connectivity index (χ1v) is 8.26. The van der Waals surface area contributed by atoms with Gasteiger partial charge in [-0.25, -0.2) is 0 Å². The van der Waals surface area contributed by atoms with Crippen LogP contribution in [-0.2, 0) is 6.54 Å². The van der Waals surface area contributed by atoms with Gasteiger partial charge in [-0.05, 0) is 50.1 Å². The second kappa shape index (κ2) is 6.10. The highest BCUT2D eigenvalue weighted by molar-refractivity contribution is 5.21. The van der Waals surface area contributed by atoms with Gasteiger partial charge in [-0.15, -0.1) is 0 Å². The lowest BCUT2D eigenvalue weighted by atomic mass is 9.63. The average Bonchev–Trinajstić information content (AvgIpc) is 2.41. The zero-order valence-corrected chi connectivity index (χ0v) is 14.4. The molecule has 0 aromatic heterocycles. The van der Waals surface area contributed by atoms with E-state index in [1.165, 1.54) is 30.4 Å². The summed E-state index contributed by atoms with van der Waals surface area (Å²) in [5.41, 5.74) is 9.57. The number of benzene rings is 1. The lowest BCUT2D eigenvalue weighted by Crippen LogP contribution is -2.59. The SMILES string of the molecule is Cc1ccc(CN(C)C2(CN)CCC(C)(C)CC2C)cc1. The first kappa shape index (κ1) is 16.5. The quantitative estimate of drug-likeness (QED) is 0.908. The van der Waals surface area contributed by atoms with Crippen molar-refractivity contribution in [1.82, 2.24) is 4.90 Å². The van der Waals surface area contributed by atoms with Gasteiger partial charge in [-0.1, -0.05) is 50.6 Å². The average molecular weight is 288 g/mol. The fraction of sp³-hybridized carbons (Fsp3) is 0.684. The van der Waals surface area contributed by atoms with Gasteiger partial charge in [-0.2, -0.15) is 0 Å². The fourth-order valence-electron chi connectivity index (χ4n) is 4.07. The summed E-state index contributed by atoms with van der Waals surface area (Å²) in [5.74, 6) is 0.640. The fourth-order valence-corrected chi connectivity index (χ4v) is 4.07. The van der Waals surface area contributed by atoms with Crippen molar-refractivity contribution in [2.75, 3.05) is 13.6 Å². The van der Waals surface area contributed by atoms with Crippen LogP contribution in [0.2, 0.25) is 0 Å². The Morgan fingerprint density at radius 2 is 1.81 bits per heavy atom. The number of aryl methyl sites for hydroxylation is 1. The molecule has 0 bridgehead atoms. The molecular formula is C19H32N2. The number of nitrogens with two attached hydrogens (primary N) is 1. The molecule has 2 unspecified atom stereocenters. The van der Waals surface area contributed by atoms with Gasteiger partial charge in [0, 0.05) is 18.6 Å². The minimum atomic E-state index is 0.153. The van der Waals surface area contributed by atoms with Crippen molar-refractivity contribution < 1.29 is 0 Å². The summed E-state index contributed by atoms with van der Waals surface area (Å²) in [4.78, 5) is 2.51. The molecule has 1 saturated carbocycles. The summed E-state index contributed by atoms with van der Waals surface area (Å²) in [6.07, 6.45) is 3.75. The molecule has 21 heavy (non-hydrogen) atoms. The van der Waals surface area contributed by atoms with E-state index in [2.05, 4.69) is 63.9 Å². The molecule has 0 radical (unpaired) electrons.